The van der Waals surface area contributed by atoms with Crippen LogP contribution in [0.5, 0.6) is 0 Å². The molecule has 1 aliphatic rings. The Bertz CT molecular complexity index is 647. The van der Waals surface area contributed by atoms with Gasteiger partial charge in [-0.05, 0) is 25.0 Å². The van der Waals surface area contributed by atoms with E-state index in [1.165, 1.54) is 0 Å². The fourth-order valence-electron chi connectivity index (χ4n) is 2.64. The zero-order chi connectivity index (χ0) is 14.1. The number of nitrogens with zero attached hydrogens (tertiary/aromatic N) is 2. The number of aromatic nitrogens is 1. The zero-order valence-electron chi connectivity index (χ0n) is 11.2. The summed E-state index contributed by atoms with van der Waals surface area (Å²) in [6.45, 7) is 1.56. The molecule has 3 rings (SSSR count). The second-order valence-corrected chi connectivity index (χ2v) is 5.18. The van der Waals surface area contributed by atoms with Crippen LogP contribution in [0.25, 0.3) is 10.9 Å². The van der Waals surface area contributed by atoms with Crippen molar-refractivity contribution in [3.8, 4) is 0 Å². The number of nitrogens with one attached hydrogen (secondary N) is 1. The maximum absolute atomic E-state index is 9.59. The lowest BCUT2D eigenvalue weighted by Crippen LogP contribution is -2.36. The van der Waals surface area contributed by atoms with Gasteiger partial charge in [-0.2, -0.15) is 0 Å². The van der Waals surface area contributed by atoms with Crippen LogP contribution in [-0.2, 0) is 0 Å². The molecule has 0 bridgehead atoms. The van der Waals surface area contributed by atoms with E-state index >= 15 is 0 Å². The van der Waals surface area contributed by atoms with Crippen molar-refractivity contribution in [2.45, 2.75) is 18.9 Å². The number of benzene rings is 1. The number of nitrogen functional groups attached to an aromatic ring is 1. The van der Waals surface area contributed by atoms with Gasteiger partial charge in [0.15, 0.2) is 0 Å². The van der Waals surface area contributed by atoms with Crippen molar-refractivity contribution in [1.82, 2.24) is 4.98 Å². The van der Waals surface area contributed by atoms with Gasteiger partial charge in [-0.3, -0.25) is 5.41 Å². The van der Waals surface area contributed by atoms with Crippen LogP contribution >= 0.6 is 0 Å². The number of piperidine rings is 1. The molecular weight excluding hydrogens is 252 g/mol. The van der Waals surface area contributed by atoms with Crippen LogP contribution in [0.1, 0.15) is 18.4 Å². The van der Waals surface area contributed by atoms with E-state index in [1.807, 2.05) is 30.3 Å². The van der Waals surface area contributed by atoms with Crippen molar-refractivity contribution in [2.75, 3.05) is 18.0 Å². The van der Waals surface area contributed by atoms with Crippen LogP contribution in [0.4, 0.5) is 5.82 Å². The second kappa shape index (κ2) is 5.09. The quantitative estimate of drug-likeness (QED) is 0.570. The standard InChI is InChI=1S/C15H18N4O/c16-15(17)12-9-14(19-7-5-10(20)6-8-19)18-13-4-2-1-3-11(12)13/h1-4,9-10,20H,5-8H2,(H3,16,17). The number of pyridine rings is 1. The van der Waals surface area contributed by atoms with Gasteiger partial charge in [-0.15, -0.1) is 0 Å². The molecule has 4 N–H and O–H groups in total. The molecule has 2 aromatic rings. The van der Waals surface area contributed by atoms with Gasteiger partial charge in [0.05, 0.1) is 11.6 Å². The van der Waals surface area contributed by atoms with Crippen molar-refractivity contribution in [1.29, 1.82) is 5.41 Å². The molecule has 20 heavy (non-hydrogen) atoms. The number of rotatable bonds is 2. The molecule has 104 valence electrons. The monoisotopic (exact) mass is 270 g/mol. The summed E-state index contributed by atoms with van der Waals surface area (Å²) < 4.78 is 0. The summed E-state index contributed by atoms with van der Waals surface area (Å²) >= 11 is 0. The van der Waals surface area contributed by atoms with Crippen molar-refractivity contribution in [3.63, 3.8) is 0 Å². The first kappa shape index (κ1) is 12.9. The predicted molar refractivity (Wildman–Crippen MR) is 80.2 cm³/mol. The highest BCUT2D eigenvalue weighted by molar-refractivity contribution is 6.07. The van der Waals surface area contributed by atoms with E-state index in [2.05, 4.69) is 9.88 Å². The number of aliphatic hydroxyl groups is 1. The van der Waals surface area contributed by atoms with Gasteiger partial charge in [0, 0.05) is 24.0 Å². The van der Waals surface area contributed by atoms with Crippen molar-refractivity contribution >= 4 is 22.6 Å². The zero-order valence-corrected chi connectivity index (χ0v) is 11.2. The van der Waals surface area contributed by atoms with Gasteiger partial charge in [0.2, 0.25) is 0 Å². The molecule has 1 aliphatic heterocycles. The molecule has 1 fully saturated rings. The predicted octanol–water partition coefficient (Wildman–Crippen LogP) is 1.48. The number of fused-ring (bicyclic) bond motifs is 1. The highest BCUT2D eigenvalue weighted by Gasteiger charge is 2.19. The summed E-state index contributed by atoms with van der Waals surface area (Å²) in [7, 11) is 0. The molecule has 0 saturated carbocycles. The minimum atomic E-state index is -0.209. The Labute approximate surface area is 117 Å². The first-order chi connectivity index (χ1) is 9.65. The number of anilines is 1. The number of amidine groups is 1. The van der Waals surface area contributed by atoms with Gasteiger partial charge in [0.1, 0.15) is 11.7 Å². The Morgan fingerprint density at radius 3 is 2.70 bits per heavy atom. The summed E-state index contributed by atoms with van der Waals surface area (Å²) in [5, 5.41) is 18.2. The lowest BCUT2D eigenvalue weighted by molar-refractivity contribution is 0.145. The summed E-state index contributed by atoms with van der Waals surface area (Å²) in [6.07, 6.45) is 1.30. The first-order valence-electron chi connectivity index (χ1n) is 6.82. The summed E-state index contributed by atoms with van der Waals surface area (Å²) in [5.41, 5.74) is 7.26. The van der Waals surface area contributed by atoms with Gasteiger partial charge in [-0.25, -0.2) is 4.98 Å². The van der Waals surface area contributed by atoms with E-state index in [1.54, 1.807) is 0 Å². The van der Waals surface area contributed by atoms with Crippen LogP contribution in [0.15, 0.2) is 30.3 Å². The highest BCUT2D eigenvalue weighted by Crippen LogP contribution is 2.24. The third-order valence-corrected chi connectivity index (χ3v) is 3.78. The van der Waals surface area contributed by atoms with Crippen LogP contribution in [-0.4, -0.2) is 35.1 Å². The van der Waals surface area contributed by atoms with E-state index in [9.17, 15) is 5.11 Å². The number of hydrogen-bond acceptors (Lipinski definition) is 4. The van der Waals surface area contributed by atoms with Crippen molar-refractivity contribution < 1.29 is 5.11 Å². The van der Waals surface area contributed by atoms with E-state index in [4.69, 9.17) is 11.1 Å². The van der Waals surface area contributed by atoms with Crippen LogP contribution < -0.4 is 10.6 Å². The van der Waals surface area contributed by atoms with Gasteiger partial charge in [0.25, 0.3) is 0 Å². The molecule has 1 saturated heterocycles. The molecule has 1 aromatic carbocycles. The third kappa shape index (κ3) is 2.32. The molecule has 2 heterocycles. The van der Waals surface area contributed by atoms with Crippen molar-refractivity contribution in [3.05, 3.63) is 35.9 Å². The Hall–Kier alpha value is -2.14. The maximum Gasteiger partial charge on any atom is 0.129 e. The second-order valence-electron chi connectivity index (χ2n) is 5.18. The molecule has 5 nitrogen and oxygen atoms in total. The minimum Gasteiger partial charge on any atom is -0.393 e. The highest BCUT2D eigenvalue weighted by atomic mass is 16.3. The first-order valence-corrected chi connectivity index (χ1v) is 6.82. The molecule has 0 unspecified atom stereocenters. The average molecular weight is 270 g/mol. The summed E-state index contributed by atoms with van der Waals surface area (Å²) in [5.74, 6) is 0.891. The molecular formula is C15H18N4O. The molecule has 0 amide bonds. The molecule has 1 aromatic heterocycles. The average Bonchev–Trinajstić information content (AvgIpc) is 2.46. The smallest absolute Gasteiger partial charge is 0.129 e. The number of para-hydroxylation sites is 1. The van der Waals surface area contributed by atoms with E-state index in [-0.39, 0.29) is 11.9 Å². The molecule has 5 heteroatoms. The normalized spacial score (nSPS) is 16.6. The molecule has 0 spiro atoms. The van der Waals surface area contributed by atoms with Crippen LogP contribution in [0, 0.1) is 5.41 Å². The fraction of sp³-hybridized carbons (Fsp3) is 0.333. The Balaban J connectivity index is 2.06. The third-order valence-electron chi connectivity index (χ3n) is 3.78. The van der Waals surface area contributed by atoms with Gasteiger partial charge < -0.3 is 15.7 Å². The molecule has 0 radical (unpaired) electrons. The van der Waals surface area contributed by atoms with E-state index in [0.717, 1.165) is 48.2 Å². The minimum absolute atomic E-state index is 0.0573. The molecule has 0 aliphatic carbocycles. The van der Waals surface area contributed by atoms with Gasteiger partial charge >= 0.3 is 0 Å². The van der Waals surface area contributed by atoms with Crippen LogP contribution in [0.3, 0.4) is 0 Å². The number of hydrogen-bond donors (Lipinski definition) is 3. The maximum atomic E-state index is 9.59. The Morgan fingerprint density at radius 1 is 1.30 bits per heavy atom. The SMILES string of the molecule is N=C(N)c1cc(N2CCC(O)CC2)nc2ccccc12. The van der Waals surface area contributed by atoms with Gasteiger partial charge in [-0.1, -0.05) is 18.2 Å². The lowest BCUT2D eigenvalue weighted by Gasteiger charge is -2.31. The van der Waals surface area contributed by atoms with E-state index in [0.29, 0.717) is 0 Å². The molecule has 0 atom stereocenters. The Morgan fingerprint density at radius 2 is 2.00 bits per heavy atom. The Kier molecular flexibility index (Phi) is 3.28. The van der Waals surface area contributed by atoms with E-state index < -0.39 is 0 Å². The lowest BCUT2D eigenvalue weighted by atomic mass is 10.1. The fourth-order valence-corrected chi connectivity index (χ4v) is 2.64. The summed E-state index contributed by atoms with van der Waals surface area (Å²) in [6, 6.07) is 9.60. The number of aliphatic hydroxyl groups excluding tert-OH is 1. The summed E-state index contributed by atoms with van der Waals surface area (Å²) in [4.78, 5) is 6.80. The largest absolute Gasteiger partial charge is 0.393 e. The van der Waals surface area contributed by atoms with Crippen molar-refractivity contribution in [2.24, 2.45) is 5.73 Å². The number of nitrogens with two attached hydrogens (primary N) is 1. The topological polar surface area (TPSA) is 86.2 Å². The van der Waals surface area contributed by atoms with Crippen LogP contribution in [0.2, 0.25) is 0 Å².